The number of benzene rings is 2. The fourth-order valence-corrected chi connectivity index (χ4v) is 5.58. The highest BCUT2D eigenvalue weighted by Gasteiger charge is 2.48. The van der Waals surface area contributed by atoms with Crippen LogP contribution in [0.15, 0.2) is 54.6 Å². The molecule has 4 atom stereocenters. The lowest BCUT2D eigenvalue weighted by atomic mass is 9.93. The van der Waals surface area contributed by atoms with Gasteiger partial charge in [-0.25, -0.2) is 9.69 Å². The molecular weight excluding hydrogens is 554 g/mol. The van der Waals surface area contributed by atoms with Gasteiger partial charge in [-0.1, -0.05) is 38.1 Å². The maximum atomic E-state index is 13.8. The molecule has 0 aliphatic carbocycles. The zero-order chi connectivity index (χ0) is 30.7. The lowest BCUT2D eigenvalue weighted by Gasteiger charge is -2.27. The van der Waals surface area contributed by atoms with E-state index in [9.17, 15) is 24.0 Å². The molecule has 1 unspecified atom stereocenters. The number of imide groups is 1. The highest BCUT2D eigenvalue weighted by molar-refractivity contribution is 6.18. The Morgan fingerprint density at radius 2 is 1.84 bits per heavy atom. The molecule has 0 bridgehead atoms. The number of nitrogens with zero attached hydrogens (tertiary/aromatic N) is 1. The van der Waals surface area contributed by atoms with Crippen LogP contribution in [0.4, 0.5) is 10.5 Å². The number of anilines is 1. The Bertz CT molecular complexity index is 1540. The third kappa shape index (κ3) is 6.32. The maximum Gasteiger partial charge on any atom is 0.422 e. The predicted octanol–water partition coefficient (Wildman–Crippen LogP) is 2.88. The Hall–Kier alpha value is -4.87. The summed E-state index contributed by atoms with van der Waals surface area (Å²) in [6, 6.07) is 13.4. The average Bonchev–Trinajstić information content (AvgIpc) is 3.68. The molecule has 2 aliphatic rings. The Morgan fingerprint density at radius 1 is 1.07 bits per heavy atom. The summed E-state index contributed by atoms with van der Waals surface area (Å²) < 4.78 is 10.9. The molecule has 3 heterocycles. The smallest absolute Gasteiger partial charge is 0.422 e. The molecule has 3 aromatic rings. The number of amides is 5. The van der Waals surface area contributed by atoms with Crippen LogP contribution in [0.1, 0.15) is 43.6 Å². The van der Waals surface area contributed by atoms with E-state index < -0.39 is 47.9 Å². The number of hydrogen-bond donors (Lipinski definition) is 4. The van der Waals surface area contributed by atoms with Crippen LogP contribution in [0.25, 0.3) is 10.9 Å². The number of aromatic amines is 1. The number of H-pyrrole nitrogens is 1. The molecule has 12 heteroatoms. The number of fused-ring (bicyclic) bond motifs is 1. The van der Waals surface area contributed by atoms with Gasteiger partial charge in [-0.15, -0.1) is 0 Å². The molecule has 2 aromatic carbocycles. The topological polar surface area (TPSA) is 159 Å². The van der Waals surface area contributed by atoms with Crippen LogP contribution in [0.5, 0.6) is 5.75 Å². The van der Waals surface area contributed by atoms with E-state index in [0.29, 0.717) is 36.3 Å². The number of methoxy groups -OCH3 is 1. The van der Waals surface area contributed by atoms with Crippen molar-refractivity contribution in [1.82, 2.24) is 20.9 Å². The van der Waals surface area contributed by atoms with Gasteiger partial charge in [-0.2, -0.15) is 0 Å². The first kappa shape index (κ1) is 29.6. The number of nitrogens with one attached hydrogen (secondary N) is 4. The van der Waals surface area contributed by atoms with Crippen LogP contribution in [0.3, 0.4) is 0 Å². The van der Waals surface area contributed by atoms with Crippen molar-refractivity contribution in [2.45, 2.75) is 51.3 Å². The minimum atomic E-state index is -1.35. The summed E-state index contributed by atoms with van der Waals surface area (Å²) in [7, 11) is 1.54. The van der Waals surface area contributed by atoms with E-state index in [2.05, 4.69) is 20.9 Å². The molecule has 0 saturated carbocycles. The Kier molecular flexibility index (Phi) is 8.65. The quantitative estimate of drug-likeness (QED) is 0.268. The lowest BCUT2D eigenvalue weighted by Crippen LogP contribution is -2.55. The second kappa shape index (κ2) is 12.6. The molecule has 0 spiro atoms. The first-order valence-electron chi connectivity index (χ1n) is 14.3. The van der Waals surface area contributed by atoms with E-state index in [1.165, 1.54) is 0 Å². The summed E-state index contributed by atoms with van der Waals surface area (Å²) in [5.41, 5.74) is 1.29. The van der Waals surface area contributed by atoms with Gasteiger partial charge in [-0.05, 0) is 55.5 Å². The first-order valence-corrected chi connectivity index (χ1v) is 14.3. The van der Waals surface area contributed by atoms with Gasteiger partial charge >= 0.3 is 6.09 Å². The summed E-state index contributed by atoms with van der Waals surface area (Å²) in [5.74, 6) is -1.75. The van der Waals surface area contributed by atoms with Crippen molar-refractivity contribution in [1.29, 1.82) is 0 Å². The Balaban J connectivity index is 1.37. The van der Waals surface area contributed by atoms with Gasteiger partial charge in [0.05, 0.1) is 18.8 Å². The molecule has 4 N–H and O–H groups in total. The molecule has 5 rings (SSSR count). The Morgan fingerprint density at radius 3 is 2.51 bits per heavy atom. The fraction of sp³-hybridized carbons (Fsp3) is 0.387. The van der Waals surface area contributed by atoms with E-state index in [0.717, 1.165) is 10.3 Å². The summed E-state index contributed by atoms with van der Waals surface area (Å²) >= 11 is 0. The predicted molar refractivity (Wildman–Crippen MR) is 157 cm³/mol. The summed E-state index contributed by atoms with van der Waals surface area (Å²) in [4.78, 5) is 69.8. The van der Waals surface area contributed by atoms with Crippen molar-refractivity contribution in [3.8, 4) is 5.75 Å². The number of ether oxygens (including phenoxy) is 2. The third-order valence-electron chi connectivity index (χ3n) is 7.70. The standard InChI is InChI=1S/C31H35N5O7/c1-17(2)14-23(35-29(39)24-16-20-21(33-24)10-7-11-25(20)42-3)28(38)34-22(15-18-12-13-32-27(18)37)26-30(40)36(31(41)43-26)19-8-5-4-6-9-19/h4-11,16-18,22-23,26,33H,12-15H2,1-3H3,(H,32,37)(H,34,38)(H,35,39)/t18-,22-,23-,26?/m0/s1. The second-order valence-electron chi connectivity index (χ2n) is 11.2. The van der Waals surface area contributed by atoms with Gasteiger partial charge in [0, 0.05) is 23.4 Å². The van der Waals surface area contributed by atoms with Crippen LogP contribution in [-0.4, -0.2) is 66.5 Å². The minimum absolute atomic E-state index is 0.0254. The van der Waals surface area contributed by atoms with Crippen LogP contribution in [0, 0.1) is 11.8 Å². The zero-order valence-electron chi connectivity index (χ0n) is 24.2. The highest BCUT2D eigenvalue weighted by atomic mass is 16.6. The van der Waals surface area contributed by atoms with Gasteiger partial charge in [0.1, 0.15) is 17.5 Å². The van der Waals surface area contributed by atoms with E-state index in [-0.39, 0.29) is 23.9 Å². The molecule has 43 heavy (non-hydrogen) atoms. The van der Waals surface area contributed by atoms with Gasteiger partial charge in [-0.3, -0.25) is 19.2 Å². The summed E-state index contributed by atoms with van der Waals surface area (Å²) in [6.07, 6.45) is -1.32. The number of rotatable bonds is 11. The van der Waals surface area contributed by atoms with Gasteiger partial charge < -0.3 is 30.4 Å². The molecule has 1 aromatic heterocycles. The van der Waals surface area contributed by atoms with E-state index in [4.69, 9.17) is 9.47 Å². The van der Waals surface area contributed by atoms with Crippen LogP contribution in [-0.2, 0) is 19.1 Å². The number of hydrogen-bond acceptors (Lipinski definition) is 7. The number of carbonyl (C=O) groups is 5. The zero-order valence-corrected chi connectivity index (χ0v) is 24.2. The van der Waals surface area contributed by atoms with Crippen molar-refractivity contribution in [3.05, 3.63) is 60.3 Å². The molecule has 2 aliphatic heterocycles. The van der Waals surface area contributed by atoms with Crippen molar-refractivity contribution < 1.29 is 33.4 Å². The second-order valence-corrected chi connectivity index (χ2v) is 11.2. The summed E-state index contributed by atoms with van der Waals surface area (Å²) in [6.45, 7) is 4.31. The van der Waals surface area contributed by atoms with Gasteiger partial charge in [0.25, 0.3) is 11.8 Å². The van der Waals surface area contributed by atoms with Crippen LogP contribution >= 0.6 is 0 Å². The van der Waals surface area contributed by atoms with Crippen LogP contribution < -0.4 is 25.6 Å². The average molecular weight is 590 g/mol. The molecule has 2 saturated heterocycles. The highest BCUT2D eigenvalue weighted by Crippen LogP contribution is 2.28. The summed E-state index contributed by atoms with van der Waals surface area (Å²) in [5, 5.41) is 9.14. The third-order valence-corrected chi connectivity index (χ3v) is 7.70. The van der Waals surface area contributed by atoms with E-state index in [1.54, 1.807) is 55.6 Å². The molecular formula is C31H35N5O7. The molecule has 2 fully saturated rings. The van der Waals surface area contributed by atoms with Gasteiger partial charge in [0.2, 0.25) is 17.9 Å². The Labute approximate surface area is 248 Å². The molecule has 226 valence electrons. The monoisotopic (exact) mass is 589 g/mol. The van der Waals surface area contributed by atoms with Gasteiger partial charge in [0.15, 0.2) is 0 Å². The van der Waals surface area contributed by atoms with Crippen molar-refractivity contribution in [3.63, 3.8) is 0 Å². The normalized spacial score (nSPS) is 19.7. The van der Waals surface area contributed by atoms with Crippen LogP contribution in [0.2, 0.25) is 0 Å². The molecule has 5 amide bonds. The van der Waals surface area contributed by atoms with E-state index >= 15 is 0 Å². The van der Waals surface area contributed by atoms with Crippen molar-refractivity contribution >= 4 is 46.3 Å². The largest absolute Gasteiger partial charge is 0.496 e. The van der Waals surface area contributed by atoms with Crippen molar-refractivity contribution in [2.24, 2.45) is 11.8 Å². The first-order chi connectivity index (χ1) is 20.7. The van der Waals surface area contributed by atoms with E-state index in [1.807, 2.05) is 19.9 Å². The van der Waals surface area contributed by atoms with Crippen molar-refractivity contribution in [2.75, 3.05) is 18.6 Å². The number of aromatic nitrogens is 1. The SMILES string of the molecule is COc1cccc2[nH]c(C(=O)N[C@@H](CC(C)C)C(=O)N[C@@H](C[C@@H]3CCNC3=O)C3OC(=O)N(c4ccccc4)C3=O)cc12. The minimum Gasteiger partial charge on any atom is -0.496 e. The molecule has 12 nitrogen and oxygen atoms in total. The molecule has 0 radical (unpaired) electrons. The lowest BCUT2D eigenvalue weighted by molar-refractivity contribution is -0.129. The number of carbonyl (C=O) groups excluding carboxylic acids is 5. The number of para-hydroxylation sites is 1. The maximum absolute atomic E-state index is 13.8. The fourth-order valence-electron chi connectivity index (χ4n) is 5.58. The number of cyclic esters (lactones) is 1.